The van der Waals surface area contributed by atoms with E-state index in [9.17, 15) is 28.5 Å². The highest BCUT2D eigenvalue weighted by Crippen LogP contribution is 2.39. The van der Waals surface area contributed by atoms with Crippen LogP contribution in [0.4, 0.5) is 0 Å². The van der Waals surface area contributed by atoms with Crippen LogP contribution in [-0.4, -0.2) is 77.9 Å². The molecule has 3 unspecified atom stereocenters. The first-order chi connectivity index (χ1) is 12.8. The lowest BCUT2D eigenvalue weighted by atomic mass is 9.99. The maximum atomic E-state index is 12.5. The highest BCUT2D eigenvalue weighted by molar-refractivity contribution is 7.98. The molecule has 0 saturated heterocycles. The van der Waals surface area contributed by atoms with E-state index < -0.39 is 34.7 Å². The Morgan fingerprint density at radius 2 is 1.93 bits per heavy atom. The van der Waals surface area contributed by atoms with E-state index in [1.165, 1.54) is 11.8 Å². The third-order valence-corrected chi connectivity index (χ3v) is 7.15. The number of nitrogens with one attached hydrogen (secondary N) is 1. The lowest BCUT2D eigenvalue weighted by Crippen LogP contribution is -2.41. The van der Waals surface area contributed by atoms with Crippen molar-refractivity contribution < 1.29 is 33.3 Å². The molecule has 0 saturated carbocycles. The molecule has 4 N–H and O–H groups in total. The summed E-state index contributed by atoms with van der Waals surface area (Å²) < 4.78 is 30.7. The summed E-state index contributed by atoms with van der Waals surface area (Å²) in [6, 6.07) is 0. The second kappa shape index (κ2) is 10.2. The molecule has 1 aliphatic carbocycles. The van der Waals surface area contributed by atoms with Gasteiger partial charge in [0.1, 0.15) is 12.5 Å². The van der Waals surface area contributed by atoms with Crippen molar-refractivity contribution >= 4 is 27.7 Å². The molecule has 1 heterocycles. The van der Waals surface area contributed by atoms with Crippen molar-refractivity contribution in [2.45, 2.75) is 57.3 Å². The van der Waals surface area contributed by atoms with E-state index in [2.05, 4.69) is 5.32 Å². The van der Waals surface area contributed by atoms with Crippen molar-refractivity contribution in [3.8, 4) is 0 Å². The summed E-state index contributed by atoms with van der Waals surface area (Å²) in [5, 5.41) is 32.4. The van der Waals surface area contributed by atoms with Gasteiger partial charge < -0.3 is 20.1 Å². The van der Waals surface area contributed by atoms with Crippen molar-refractivity contribution in [3.63, 3.8) is 0 Å². The van der Waals surface area contributed by atoms with Gasteiger partial charge in [-0.3, -0.25) is 10.1 Å². The SMILES string of the molecule is CSCC(O)NCCOC(O)CCC(O)N1C(=O)C2=C(CCCC2)S1(=O)=O. The number of rotatable bonds is 11. The monoisotopic (exact) mass is 424 g/mol. The van der Waals surface area contributed by atoms with E-state index in [0.717, 1.165) is 6.42 Å². The number of carbonyl (C=O) groups excluding carboxylic acids is 1. The Balaban J connectivity index is 1.77. The molecule has 0 spiro atoms. The van der Waals surface area contributed by atoms with Crippen LogP contribution in [0.2, 0.25) is 0 Å². The molecule has 0 aromatic carbocycles. The van der Waals surface area contributed by atoms with Gasteiger partial charge in [0.25, 0.3) is 15.9 Å². The summed E-state index contributed by atoms with van der Waals surface area (Å²) in [4.78, 5) is 12.5. The minimum absolute atomic E-state index is 0.0293. The lowest BCUT2D eigenvalue weighted by molar-refractivity contribution is -0.132. The first kappa shape index (κ1) is 22.6. The Labute approximate surface area is 163 Å². The number of ether oxygens (including phenoxy) is 1. The Hall–Kier alpha value is -0.690. The van der Waals surface area contributed by atoms with E-state index in [-0.39, 0.29) is 29.9 Å². The van der Waals surface area contributed by atoms with E-state index in [0.29, 0.717) is 35.9 Å². The smallest absolute Gasteiger partial charge is 0.266 e. The van der Waals surface area contributed by atoms with Gasteiger partial charge in [-0.15, -0.1) is 0 Å². The quantitative estimate of drug-likeness (QED) is 0.260. The van der Waals surface area contributed by atoms with E-state index in [1.54, 1.807) is 0 Å². The summed E-state index contributed by atoms with van der Waals surface area (Å²) in [6.45, 7) is 0.469. The maximum Gasteiger partial charge on any atom is 0.266 e. The van der Waals surface area contributed by atoms with Crippen LogP contribution in [0.15, 0.2) is 10.5 Å². The van der Waals surface area contributed by atoms with E-state index in [4.69, 9.17) is 4.74 Å². The lowest BCUT2D eigenvalue weighted by Gasteiger charge is -2.23. The molecule has 0 fully saturated rings. The molecule has 0 bridgehead atoms. The molecule has 3 atom stereocenters. The summed E-state index contributed by atoms with van der Waals surface area (Å²) in [5.74, 6) is -0.120. The molecular weight excluding hydrogens is 396 g/mol. The molecule has 0 radical (unpaired) electrons. The molecule has 0 aromatic rings. The molecule has 9 nitrogen and oxygen atoms in total. The average Bonchev–Trinajstić information content (AvgIpc) is 2.83. The van der Waals surface area contributed by atoms with Crippen LogP contribution in [0.3, 0.4) is 0 Å². The molecule has 156 valence electrons. The zero-order valence-corrected chi connectivity index (χ0v) is 17.0. The van der Waals surface area contributed by atoms with Crippen molar-refractivity contribution in [1.82, 2.24) is 9.62 Å². The topological polar surface area (TPSA) is 136 Å². The predicted molar refractivity (Wildman–Crippen MR) is 101 cm³/mol. The number of carbonyl (C=O) groups is 1. The van der Waals surface area contributed by atoms with Gasteiger partial charge in [0, 0.05) is 24.3 Å². The molecule has 11 heteroatoms. The van der Waals surface area contributed by atoms with Crippen molar-refractivity contribution in [3.05, 3.63) is 10.5 Å². The van der Waals surface area contributed by atoms with Crippen molar-refractivity contribution in [1.29, 1.82) is 0 Å². The number of amides is 1. The van der Waals surface area contributed by atoms with Crippen molar-refractivity contribution in [2.24, 2.45) is 0 Å². The fourth-order valence-electron chi connectivity index (χ4n) is 3.17. The molecule has 1 aliphatic heterocycles. The van der Waals surface area contributed by atoms with Crippen LogP contribution >= 0.6 is 11.8 Å². The van der Waals surface area contributed by atoms with Gasteiger partial charge in [-0.1, -0.05) is 0 Å². The number of hydrogen-bond donors (Lipinski definition) is 4. The van der Waals surface area contributed by atoms with Crippen LogP contribution in [0, 0.1) is 0 Å². The number of thioether (sulfide) groups is 1. The minimum Gasteiger partial charge on any atom is -0.378 e. The highest BCUT2D eigenvalue weighted by Gasteiger charge is 2.46. The second-order valence-electron chi connectivity index (χ2n) is 6.52. The summed E-state index contributed by atoms with van der Waals surface area (Å²) in [7, 11) is -3.97. The van der Waals surface area contributed by atoms with Gasteiger partial charge in [-0.2, -0.15) is 11.8 Å². The summed E-state index contributed by atoms with van der Waals surface area (Å²) in [5.41, 5.74) is 0.284. The number of hydrogen-bond acceptors (Lipinski definition) is 9. The molecule has 2 aliphatic rings. The van der Waals surface area contributed by atoms with Crippen molar-refractivity contribution in [2.75, 3.05) is 25.2 Å². The second-order valence-corrected chi connectivity index (χ2v) is 9.27. The highest BCUT2D eigenvalue weighted by atomic mass is 32.2. The number of aliphatic hydroxyl groups is 3. The van der Waals surface area contributed by atoms with Gasteiger partial charge >= 0.3 is 0 Å². The van der Waals surface area contributed by atoms with Gasteiger partial charge in [0.15, 0.2) is 6.29 Å². The normalized spacial score (nSPS) is 22.7. The molecular formula is C16H28N2O7S2. The predicted octanol–water partition coefficient (Wildman–Crippen LogP) is -0.309. The zero-order chi connectivity index (χ0) is 20.0. The Kier molecular flexibility index (Phi) is 8.53. The minimum atomic E-state index is -3.97. The fourth-order valence-corrected chi connectivity index (χ4v) is 5.50. The largest absolute Gasteiger partial charge is 0.378 e. The van der Waals surface area contributed by atoms with Crippen LogP contribution in [-0.2, 0) is 19.6 Å². The Bertz CT molecular complexity index is 653. The standard InChI is InChI=1S/C16H28N2O7S2/c1-26-10-13(19)17-8-9-25-15(21)7-6-14(20)18-16(22)11-4-2-3-5-12(11)27(18,23)24/h13-15,17,19-21H,2-10H2,1H3. The van der Waals surface area contributed by atoms with E-state index in [1.807, 2.05) is 6.26 Å². The zero-order valence-electron chi connectivity index (χ0n) is 15.3. The first-order valence-electron chi connectivity index (χ1n) is 8.98. The molecule has 0 aromatic heterocycles. The van der Waals surface area contributed by atoms with Crippen LogP contribution in [0.5, 0.6) is 0 Å². The van der Waals surface area contributed by atoms with Gasteiger partial charge in [0.2, 0.25) is 0 Å². The first-order valence-corrected chi connectivity index (χ1v) is 11.8. The summed E-state index contributed by atoms with van der Waals surface area (Å²) in [6.07, 6.45) is 0.521. The van der Waals surface area contributed by atoms with Crippen LogP contribution in [0.25, 0.3) is 0 Å². The number of sulfonamides is 1. The summed E-state index contributed by atoms with van der Waals surface area (Å²) >= 11 is 1.49. The van der Waals surface area contributed by atoms with Gasteiger partial charge in [-0.25, -0.2) is 12.7 Å². The number of nitrogens with zero attached hydrogens (tertiary/aromatic N) is 1. The van der Waals surface area contributed by atoms with Crippen LogP contribution < -0.4 is 5.32 Å². The third-order valence-electron chi connectivity index (χ3n) is 4.51. The number of aliphatic hydroxyl groups excluding tert-OH is 3. The molecule has 27 heavy (non-hydrogen) atoms. The Morgan fingerprint density at radius 3 is 2.59 bits per heavy atom. The number of allylic oxidation sites excluding steroid dienone is 1. The van der Waals surface area contributed by atoms with Crippen LogP contribution in [0.1, 0.15) is 38.5 Å². The van der Waals surface area contributed by atoms with Gasteiger partial charge in [-0.05, 0) is 38.4 Å². The van der Waals surface area contributed by atoms with E-state index >= 15 is 0 Å². The van der Waals surface area contributed by atoms with Gasteiger partial charge in [0.05, 0.1) is 11.5 Å². The molecule has 2 rings (SSSR count). The Morgan fingerprint density at radius 1 is 1.22 bits per heavy atom. The molecule has 1 amide bonds. The fraction of sp³-hybridized carbons (Fsp3) is 0.812. The third kappa shape index (κ3) is 5.66. The average molecular weight is 425 g/mol. The maximum absolute atomic E-state index is 12.5.